The Morgan fingerprint density at radius 1 is 1.32 bits per heavy atom. The molecule has 0 spiro atoms. The summed E-state index contributed by atoms with van der Waals surface area (Å²) in [5.74, 6) is 0.830. The fourth-order valence-corrected chi connectivity index (χ4v) is 2.51. The van der Waals surface area contributed by atoms with Gasteiger partial charge < -0.3 is 10.2 Å². The van der Waals surface area contributed by atoms with Crippen LogP contribution in [0, 0.1) is 0 Å². The van der Waals surface area contributed by atoms with E-state index in [2.05, 4.69) is 64.4 Å². The first-order chi connectivity index (χ1) is 11.9. The molecular formula is C19H28N6. The molecule has 0 radical (unpaired) electrons. The number of rotatable bonds is 6. The molecule has 1 N–H and O–H groups in total. The number of hydrogen-bond acceptors (Lipinski definition) is 4. The standard InChI is InChI=1S/C19H28N6/c1-7-15-8-9-16(22-19(20-4)10-14(2)3)11-18(15)25-21-12-17(23-25)13-24(5)6/h8-12H,7,13H2,1-6H3,(H,20,22). The number of benzene rings is 1. The molecule has 2 rings (SSSR count). The van der Waals surface area contributed by atoms with Crippen LogP contribution in [0.5, 0.6) is 0 Å². The van der Waals surface area contributed by atoms with Crippen LogP contribution in [0.4, 0.5) is 5.69 Å². The highest BCUT2D eigenvalue weighted by Crippen LogP contribution is 2.20. The van der Waals surface area contributed by atoms with Gasteiger partial charge in [0, 0.05) is 19.3 Å². The maximum atomic E-state index is 4.61. The van der Waals surface area contributed by atoms with Gasteiger partial charge in [-0.15, -0.1) is 0 Å². The van der Waals surface area contributed by atoms with Gasteiger partial charge in [0.1, 0.15) is 5.84 Å². The molecule has 0 aliphatic carbocycles. The SMILES string of the molecule is CCc1ccc(NC(C=C(C)C)=NC)cc1-n1ncc(CN(C)C)n1. The van der Waals surface area contributed by atoms with Crippen molar-refractivity contribution in [3.8, 4) is 5.69 Å². The van der Waals surface area contributed by atoms with Crippen LogP contribution in [0.1, 0.15) is 32.0 Å². The van der Waals surface area contributed by atoms with Crippen LogP contribution in [0.25, 0.3) is 5.69 Å². The Labute approximate surface area is 150 Å². The molecule has 0 aliphatic rings. The molecule has 0 saturated heterocycles. The molecule has 25 heavy (non-hydrogen) atoms. The lowest BCUT2D eigenvalue weighted by atomic mass is 10.1. The van der Waals surface area contributed by atoms with Gasteiger partial charge in [-0.05, 0) is 58.1 Å². The molecule has 6 nitrogen and oxygen atoms in total. The molecule has 0 atom stereocenters. The van der Waals surface area contributed by atoms with Crippen LogP contribution in [-0.2, 0) is 13.0 Å². The van der Waals surface area contributed by atoms with Crippen LogP contribution in [-0.4, -0.2) is 46.9 Å². The van der Waals surface area contributed by atoms with Crippen LogP contribution in [0.2, 0.25) is 0 Å². The average Bonchev–Trinajstić information content (AvgIpc) is 3.01. The number of allylic oxidation sites excluding steroid dienone is 1. The maximum Gasteiger partial charge on any atom is 0.124 e. The molecule has 0 fully saturated rings. The fraction of sp³-hybridized carbons (Fsp3) is 0.421. The lowest BCUT2D eigenvalue weighted by Crippen LogP contribution is -2.12. The lowest BCUT2D eigenvalue weighted by molar-refractivity contribution is 0.395. The summed E-state index contributed by atoms with van der Waals surface area (Å²) in [5, 5.41) is 12.4. The van der Waals surface area contributed by atoms with E-state index in [1.165, 1.54) is 11.1 Å². The second-order valence-corrected chi connectivity index (χ2v) is 6.52. The predicted molar refractivity (Wildman–Crippen MR) is 105 cm³/mol. The van der Waals surface area contributed by atoms with Crippen molar-refractivity contribution >= 4 is 11.5 Å². The Balaban J connectivity index is 2.34. The first kappa shape index (κ1) is 18.9. The summed E-state index contributed by atoms with van der Waals surface area (Å²) in [4.78, 5) is 8.09. The molecule has 1 aromatic heterocycles. The number of nitrogens with one attached hydrogen (secondary N) is 1. The summed E-state index contributed by atoms with van der Waals surface area (Å²) in [6.45, 7) is 7.02. The molecule has 0 unspecified atom stereocenters. The van der Waals surface area contributed by atoms with Gasteiger partial charge in [-0.25, -0.2) is 0 Å². The van der Waals surface area contributed by atoms with Crippen LogP contribution >= 0.6 is 0 Å². The van der Waals surface area contributed by atoms with Crippen LogP contribution in [0.3, 0.4) is 0 Å². The third kappa shape index (κ3) is 5.26. The molecule has 2 aromatic rings. The number of nitrogens with zero attached hydrogens (tertiary/aromatic N) is 5. The summed E-state index contributed by atoms with van der Waals surface area (Å²) in [6, 6.07) is 6.25. The predicted octanol–water partition coefficient (Wildman–Crippen LogP) is 3.30. The molecule has 0 bridgehead atoms. The summed E-state index contributed by atoms with van der Waals surface area (Å²) in [7, 11) is 5.83. The highest BCUT2D eigenvalue weighted by atomic mass is 15.5. The van der Waals surface area contributed by atoms with Crippen molar-refractivity contribution in [3.05, 3.63) is 47.3 Å². The summed E-state index contributed by atoms with van der Waals surface area (Å²) in [6.07, 6.45) is 4.76. The molecule has 1 heterocycles. The van der Waals surface area contributed by atoms with E-state index in [4.69, 9.17) is 0 Å². The van der Waals surface area contributed by atoms with Crippen molar-refractivity contribution in [3.63, 3.8) is 0 Å². The highest BCUT2D eigenvalue weighted by Gasteiger charge is 2.10. The zero-order valence-electron chi connectivity index (χ0n) is 16.0. The van der Waals surface area contributed by atoms with Crippen molar-refractivity contribution in [2.75, 3.05) is 26.5 Å². The molecule has 0 aliphatic heterocycles. The third-order valence-corrected chi connectivity index (χ3v) is 3.64. The van der Waals surface area contributed by atoms with Gasteiger partial charge in [0.05, 0.1) is 17.6 Å². The van der Waals surface area contributed by atoms with E-state index >= 15 is 0 Å². The molecular weight excluding hydrogens is 312 g/mol. The topological polar surface area (TPSA) is 58.3 Å². The Morgan fingerprint density at radius 2 is 2.08 bits per heavy atom. The van der Waals surface area contributed by atoms with Crippen molar-refractivity contribution in [1.29, 1.82) is 0 Å². The van der Waals surface area contributed by atoms with Gasteiger partial charge in [0.2, 0.25) is 0 Å². The highest BCUT2D eigenvalue weighted by molar-refractivity contribution is 6.04. The van der Waals surface area contributed by atoms with Crippen molar-refractivity contribution < 1.29 is 0 Å². The monoisotopic (exact) mass is 340 g/mol. The molecule has 0 saturated carbocycles. The van der Waals surface area contributed by atoms with Gasteiger partial charge in [-0.2, -0.15) is 15.0 Å². The zero-order chi connectivity index (χ0) is 18.4. The Bertz CT molecular complexity index is 766. The van der Waals surface area contributed by atoms with Crippen molar-refractivity contribution in [1.82, 2.24) is 19.9 Å². The Hall–Kier alpha value is -2.47. The number of anilines is 1. The average molecular weight is 340 g/mol. The van der Waals surface area contributed by atoms with E-state index in [9.17, 15) is 0 Å². The minimum Gasteiger partial charge on any atom is -0.340 e. The summed E-state index contributed by atoms with van der Waals surface area (Å²) >= 11 is 0. The third-order valence-electron chi connectivity index (χ3n) is 3.64. The van der Waals surface area contributed by atoms with Crippen molar-refractivity contribution in [2.45, 2.75) is 33.7 Å². The van der Waals surface area contributed by atoms with E-state index in [1.807, 2.05) is 26.4 Å². The number of amidine groups is 1. The summed E-state index contributed by atoms with van der Waals surface area (Å²) in [5.41, 5.74) is 5.31. The van der Waals surface area contributed by atoms with E-state index in [0.29, 0.717) is 0 Å². The van der Waals surface area contributed by atoms with Crippen molar-refractivity contribution in [2.24, 2.45) is 4.99 Å². The van der Waals surface area contributed by atoms with Gasteiger partial charge in [-0.1, -0.05) is 18.6 Å². The zero-order valence-corrected chi connectivity index (χ0v) is 16.0. The van der Waals surface area contributed by atoms with E-state index in [-0.39, 0.29) is 0 Å². The first-order valence-electron chi connectivity index (χ1n) is 8.51. The molecule has 0 amide bonds. The Kier molecular flexibility index (Phi) is 6.47. The lowest BCUT2D eigenvalue weighted by Gasteiger charge is -2.12. The van der Waals surface area contributed by atoms with Gasteiger partial charge in [-0.3, -0.25) is 4.99 Å². The second-order valence-electron chi connectivity index (χ2n) is 6.52. The smallest absolute Gasteiger partial charge is 0.124 e. The molecule has 6 heteroatoms. The maximum absolute atomic E-state index is 4.61. The minimum absolute atomic E-state index is 0.770. The van der Waals surface area contributed by atoms with E-state index in [0.717, 1.165) is 35.9 Å². The second kappa shape index (κ2) is 8.58. The molecule has 1 aromatic carbocycles. The number of aliphatic imine (C=N–C) groups is 1. The van der Waals surface area contributed by atoms with E-state index in [1.54, 1.807) is 11.8 Å². The molecule has 134 valence electrons. The number of aryl methyl sites for hydroxylation is 1. The quantitative estimate of drug-likeness (QED) is 0.647. The van der Waals surface area contributed by atoms with Crippen LogP contribution < -0.4 is 5.32 Å². The largest absolute Gasteiger partial charge is 0.340 e. The fourth-order valence-electron chi connectivity index (χ4n) is 2.51. The van der Waals surface area contributed by atoms with E-state index < -0.39 is 0 Å². The minimum atomic E-state index is 0.770. The number of hydrogen-bond donors (Lipinski definition) is 1. The number of aromatic nitrogens is 3. The normalized spacial score (nSPS) is 11.7. The van der Waals surface area contributed by atoms with Crippen LogP contribution in [0.15, 0.2) is 41.0 Å². The van der Waals surface area contributed by atoms with Gasteiger partial charge >= 0.3 is 0 Å². The first-order valence-corrected chi connectivity index (χ1v) is 8.51. The van der Waals surface area contributed by atoms with Gasteiger partial charge in [0.15, 0.2) is 0 Å². The summed E-state index contributed by atoms with van der Waals surface area (Å²) < 4.78 is 0. The van der Waals surface area contributed by atoms with Gasteiger partial charge in [0.25, 0.3) is 0 Å². The Morgan fingerprint density at radius 3 is 2.68 bits per heavy atom.